The van der Waals surface area contributed by atoms with Gasteiger partial charge >= 0.3 is 6.16 Å². The maximum absolute atomic E-state index is 11.2. The first-order valence-electron chi connectivity index (χ1n) is 10.3. The minimum atomic E-state index is -0.677. The monoisotopic (exact) mass is 356 g/mol. The van der Waals surface area contributed by atoms with Crippen LogP contribution in [0.25, 0.3) is 0 Å². The minimum absolute atomic E-state index is 0.0219. The molecule has 0 saturated heterocycles. The molecule has 0 atom stereocenters. The molecule has 4 heteroatoms. The Morgan fingerprint density at radius 2 is 1.20 bits per heavy atom. The largest absolute Gasteiger partial charge is 0.508 e. The summed E-state index contributed by atoms with van der Waals surface area (Å²) in [6.07, 6.45) is 17.6. The Morgan fingerprint density at radius 1 is 0.760 bits per heavy atom. The van der Waals surface area contributed by atoms with E-state index in [1.54, 1.807) is 0 Å². The van der Waals surface area contributed by atoms with Crippen LogP contribution in [-0.2, 0) is 9.47 Å². The summed E-state index contributed by atoms with van der Waals surface area (Å²) < 4.78 is 9.75. The third-order valence-corrected chi connectivity index (χ3v) is 4.34. The van der Waals surface area contributed by atoms with Crippen molar-refractivity contribution < 1.29 is 19.4 Å². The number of aliphatic hydroxyl groups excluding tert-OH is 1. The van der Waals surface area contributed by atoms with Crippen molar-refractivity contribution in [3.8, 4) is 0 Å². The van der Waals surface area contributed by atoms with Gasteiger partial charge in [-0.2, -0.15) is 0 Å². The average molecular weight is 357 g/mol. The summed E-state index contributed by atoms with van der Waals surface area (Å²) in [7, 11) is 0. The lowest BCUT2D eigenvalue weighted by Gasteiger charge is -2.06. The molecule has 0 aliphatic heterocycles. The fraction of sp³-hybridized carbons (Fsp3) is 0.857. The molecule has 0 radical (unpaired) electrons. The number of unbranched alkanes of at least 4 members (excludes halogenated alkanes) is 13. The summed E-state index contributed by atoms with van der Waals surface area (Å²) in [5.74, 6) is 0. The van der Waals surface area contributed by atoms with E-state index >= 15 is 0 Å². The van der Waals surface area contributed by atoms with E-state index in [1.165, 1.54) is 77.0 Å². The summed E-state index contributed by atoms with van der Waals surface area (Å²) in [5.41, 5.74) is 0.466. The SMILES string of the molecule is C=C(CO)COC(=O)OCCCCCCCCCCCCCCCC. The fourth-order valence-electron chi connectivity index (χ4n) is 2.70. The van der Waals surface area contributed by atoms with Crippen molar-refractivity contribution >= 4 is 6.16 Å². The molecule has 0 aliphatic rings. The average Bonchev–Trinajstić information content (AvgIpc) is 2.62. The van der Waals surface area contributed by atoms with Crippen molar-refractivity contribution in [1.82, 2.24) is 0 Å². The zero-order valence-electron chi connectivity index (χ0n) is 16.4. The molecule has 0 spiro atoms. The molecule has 0 amide bonds. The van der Waals surface area contributed by atoms with E-state index in [4.69, 9.17) is 14.6 Å². The van der Waals surface area contributed by atoms with E-state index in [0.29, 0.717) is 12.2 Å². The maximum Gasteiger partial charge on any atom is 0.508 e. The minimum Gasteiger partial charge on any atom is -0.434 e. The molecule has 4 nitrogen and oxygen atoms in total. The van der Waals surface area contributed by atoms with Gasteiger partial charge in [-0.15, -0.1) is 0 Å². The highest BCUT2D eigenvalue weighted by molar-refractivity contribution is 5.60. The van der Waals surface area contributed by atoms with Gasteiger partial charge in [0.25, 0.3) is 0 Å². The summed E-state index contributed by atoms with van der Waals surface area (Å²) in [6.45, 7) is 6.06. The van der Waals surface area contributed by atoms with Gasteiger partial charge in [0, 0.05) is 0 Å². The molecule has 0 aromatic heterocycles. The first kappa shape index (κ1) is 24.0. The molecule has 148 valence electrons. The Labute approximate surface area is 155 Å². The lowest BCUT2D eigenvalue weighted by molar-refractivity contribution is 0.0588. The Kier molecular flexibility index (Phi) is 18.5. The van der Waals surface area contributed by atoms with E-state index < -0.39 is 6.16 Å². The van der Waals surface area contributed by atoms with Gasteiger partial charge in [0.05, 0.1) is 13.2 Å². The molecule has 0 saturated carbocycles. The first-order chi connectivity index (χ1) is 12.2. The van der Waals surface area contributed by atoms with E-state index in [9.17, 15) is 4.79 Å². The van der Waals surface area contributed by atoms with Crippen LogP contribution in [0.5, 0.6) is 0 Å². The topological polar surface area (TPSA) is 55.8 Å². The third-order valence-electron chi connectivity index (χ3n) is 4.34. The molecule has 0 aliphatic carbocycles. The summed E-state index contributed by atoms with van der Waals surface area (Å²) in [6, 6.07) is 0. The Balaban J connectivity index is 3.14. The molecule has 1 N–H and O–H groups in total. The molecule has 25 heavy (non-hydrogen) atoms. The fourth-order valence-corrected chi connectivity index (χ4v) is 2.70. The van der Waals surface area contributed by atoms with Gasteiger partial charge in [0.15, 0.2) is 0 Å². The van der Waals surface area contributed by atoms with Crippen molar-refractivity contribution in [3.05, 3.63) is 12.2 Å². The highest BCUT2D eigenvalue weighted by Gasteiger charge is 2.04. The van der Waals surface area contributed by atoms with Crippen LogP contribution in [0.15, 0.2) is 12.2 Å². The maximum atomic E-state index is 11.2. The Morgan fingerprint density at radius 3 is 1.64 bits per heavy atom. The second-order valence-corrected chi connectivity index (χ2v) is 6.89. The molecule has 0 bridgehead atoms. The smallest absolute Gasteiger partial charge is 0.434 e. The zero-order chi connectivity index (χ0) is 18.6. The molecular formula is C21H40O4. The summed E-state index contributed by atoms with van der Waals surface area (Å²) in [5, 5.41) is 8.73. The van der Waals surface area contributed by atoms with Crippen LogP contribution in [0.1, 0.15) is 96.8 Å². The standard InChI is InChI=1S/C21H40O4/c1-3-4-5-6-7-8-9-10-11-12-13-14-15-16-17-24-21(23)25-19-20(2)18-22/h22H,2-19H2,1H3. The van der Waals surface area contributed by atoms with Gasteiger partial charge in [0.1, 0.15) is 6.61 Å². The summed E-state index contributed by atoms with van der Waals surface area (Å²) in [4.78, 5) is 11.2. The summed E-state index contributed by atoms with van der Waals surface area (Å²) >= 11 is 0. The van der Waals surface area contributed by atoms with Gasteiger partial charge in [0.2, 0.25) is 0 Å². The molecule has 0 heterocycles. The zero-order valence-corrected chi connectivity index (χ0v) is 16.4. The van der Waals surface area contributed by atoms with E-state index in [0.717, 1.165) is 12.8 Å². The number of hydrogen-bond donors (Lipinski definition) is 1. The normalized spacial score (nSPS) is 10.6. The van der Waals surface area contributed by atoms with Crippen molar-refractivity contribution in [1.29, 1.82) is 0 Å². The number of carbonyl (C=O) groups excluding carboxylic acids is 1. The van der Waals surface area contributed by atoms with Crippen LogP contribution in [-0.4, -0.2) is 31.1 Å². The van der Waals surface area contributed by atoms with Crippen LogP contribution in [0.3, 0.4) is 0 Å². The van der Waals surface area contributed by atoms with Gasteiger partial charge < -0.3 is 14.6 Å². The van der Waals surface area contributed by atoms with Gasteiger partial charge in [-0.3, -0.25) is 0 Å². The number of aliphatic hydroxyl groups is 1. The van der Waals surface area contributed by atoms with Crippen LogP contribution < -0.4 is 0 Å². The quantitative estimate of drug-likeness (QED) is 0.181. The van der Waals surface area contributed by atoms with Crippen molar-refractivity contribution in [2.75, 3.05) is 19.8 Å². The highest BCUT2D eigenvalue weighted by Crippen LogP contribution is 2.12. The molecule has 0 unspecified atom stereocenters. The molecule has 0 aromatic carbocycles. The molecule has 0 aromatic rings. The van der Waals surface area contributed by atoms with Gasteiger partial charge in [-0.25, -0.2) is 4.79 Å². The number of hydrogen-bond acceptors (Lipinski definition) is 4. The third kappa shape index (κ3) is 19.1. The number of carbonyl (C=O) groups is 1. The second kappa shape index (κ2) is 19.3. The van der Waals surface area contributed by atoms with Crippen molar-refractivity contribution in [3.63, 3.8) is 0 Å². The van der Waals surface area contributed by atoms with Crippen LogP contribution in [0.4, 0.5) is 4.79 Å². The first-order valence-corrected chi connectivity index (χ1v) is 10.3. The van der Waals surface area contributed by atoms with Gasteiger partial charge in [-0.1, -0.05) is 97.0 Å². The van der Waals surface area contributed by atoms with Crippen molar-refractivity contribution in [2.45, 2.75) is 96.8 Å². The lowest BCUT2D eigenvalue weighted by atomic mass is 10.0. The van der Waals surface area contributed by atoms with Crippen LogP contribution in [0.2, 0.25) is 0 Å². The van der Waals surface area contributed by atoms with Crippen LogP contribution in [0, 0.1) is 0 Å². The Bertz CT molecular complexity index is 315. The van der Waals surface area contributed by atoms with Crippen LogP contribution >= 0.6 is 0 Å². The molecular weight excluding hydrogens is 316 g/mol. The van der Waals surface area contributed by atoms with Crippen molar-refractivity contribution in [2.24, 2.45) is 0 Å². The van der Waals surface area contributed by atoms with E-state index in [-0.39, 0.29) is 13.2 Å². The van der Waals surface area contributed by atoms with Gasteiger partial charge in [-0.05, 0) is 12.0 Å². The number of rotatable bonds is 18. The Hall–Kier alpha value is -1.03. The molecule has 0 rings (SSSR count). The second-order valence-electron chi connectivity index (χ2n) is 6.89. The van der Waals surface area contributed by atoms with E-state index in [2.05, 4.69) is 13.5 Å². The predicted molar refractivity (Wildman–Crippen MR) is 104 cm³/mol. The predicted octanol–water partition coefficient (Wildman–Crippen LogP) is 6.17. The lowest BCUT2D eigenvalue weighted by Crippen LogP contribution is -2.11. The number of ether oxygens (including phenoxy) is 2. The van der Waals surface area contributed by atoms with E-state index in [1.807, 2.05) is 0 Å². The highest BCUT2D eigenvalue weighted by atomic mass is 16.7. The molecule has 0 fully saturated rings.